The Labute approximate surface area is 115 Å². The van der Waals surface area contributed by atoms with Crippen molar-refractivity contribution >= 4 is 17.3 Å². The number of nitrogen functional groups attached to an aromatic ring is 1. The van der Waals surface area contributed by atoms with Crippen LogP contribution in [0.5, 0.6) is 0 Å². The Morgan fingerprint density at radius 1 is 1.15 bits per heavy atom. The number of benzene rings is 2. The molecule has 0 atom stereocenters. The van der Waals surface area contributed by atoms with Crippen molar-refractivity contribution in [1.82, 2.24) is 0 Å². The molecule has 0 heterocycles. The van der Waals surface area contributed by atoms with Gasteiger partial charge in [-0.05, 0) is 36.2 Å². The van der Waals surface area contributed by atoms with Crippen LogP contribution in [0.2, 0.25) is 0 Å². The summed E-state index contributed by atoms with van der Waals surface area (Å²) in [7, 11) is 0. The van der Waals surface area contributed by atoms with E-state index in [0.717, 1.165) is 18.1 Å². The van der Waals surface area contributed by atoms with Gasteiger partial charge in [0, 0.05) is 5.56 Å². The first kappa shape index (κ1) is 14.0. The summed E-state index contributed by atoms with van der Waals surface area (Å²) in [6.45, 7) is 2.00. The van der Waals surface area contributed by atoms with Crippen LogP contribution >= 0.6 is 0 Å². The number of halogens is 2. The van der Waals surface area contributed by atoms with Gasteiger partial charge in [-0.1, -0.05) is 19.1 Å². The number of aryl methyl sites for hydroxylation is 1. The molecule has 0 saturated carbocycles. The molecule has 20 heavy (non-hydrogen) atoms. The number of anilines is 2. The molecule has 0 unspecified atom stereocenters. The summed E-state index contributed by atoms with van der Waals surface area (Å²) >= 11 is 0. The highest BCUT2D eigenvalue weighted by Gasteiger charge is 2.15. The summed E-state index contributed by atoms with van der Waals surface area (Å²) in [5, 5.41) is 2.29. The van der Waals surface area contributed by atoms with E-state index in [0.29, 0.717) is 5.56 Å². The van der Waals surface area contributed by atoms with Crippen molar-refractivity contribution in [3.63, 3.8) is 0 Å². The quantitative estimate of drug-likeness (QED) is 0.844. The number of hydrogen-bond donors (Lipinski definition) is 2. The molecule has 0 fully saturated rings. The number of nitrogens with one attached hydrogen (secondary N) is 1. The lowest BCUT2D eigenvalue weighted by atomic mass is 10.1. The maximum absolute atomic E-state index is 13.6. The fourth-order valence-corrected chi connectivity index (χ4v) is 1.77. The maximum atomic E-state index is 13.6. The molecule has 0 radical (unpaired) electrons. The summed E-state index contributed by atoms with van der Waals surface area (Å²) < 4.78 is 26.7. The Balaban J connectivity index is 2.25. The second kappa shape index (κ2) is 5.69. The monoisotopic (exact) mass is 276 g/mol. The maximum Gasteiger partial charge on any atom is 0.255 e. The summed E-state index contributed by atoms with van der Waals surface area (Å²) in [6, 6.07) is 8.98. The lowest BCUT2D eigenvalue weighted by molar-refractivity contribution is 0.102. The average Bonchev–Trinajstić information content (AvgIpc) is 2.47. The van der Waals surface area contributed by atoms with Gasteiger partial charge in [0.05, 0.1) is 5.69 Å². The highest BCUT2D eigenvalue weighted by Crippen LogP contribution is 2.25. The Morgan fingerprint density at radius 2 is 1.80 bits per heavy atom. The first-order valence-electron chi connectivity index (χ1n) is 6.16. The third kappa shape index (κ3) is 2.77. The van der Waals surface area contributed by atoms with Crippen molar-refractivity contribution in [3.05, 3.63) is 59.2 Å². The third-order valence-corrected chi connectivity index (χ3v) is 2.99. The second-order valence-electron chi connectivity index (χ2n) is 4.33. The molecule has 2 aromatic rings. The molecule has 1 amide bonds. The topological polar surface area (TPSA) is 55.1 Å². The Morgan fingerprint density at radius 3 is 2.40 bits per heavy atom. The van der Waals surface area contributed by atoms with E-state index in [1.54, 1.807) is 24.3 Å². The minimum atomic E-state index is -1.16. The first-order valence-corrected chi connectivity index (χ1v) is 6.16. The largest absolute Gasteiger partial charge is 0.397 e. The van der Waals surface area contributed by atoms with Crippen molar-refractivity contribution in [1.29, 1.82) is 0 Å². The molecule has 0 aliphatic heterocycles. The molecular formula is C15H14F2N2O. The van der Waals surface area contributed by atoms with Gasteiger partial charge < -0.3 is 11.1 Å². The smallest absolute Gasteiger partial charge is 0.255 e. The minimum absolute atomic E-state index is 0.0255. The minimum Gasteiger partial charge on any atom is -0.397 e. The van der Waals surface area contributed by atoms with Crippen LogP contribution in [0.15, 0.2) is 36.4 Å². The van der Waals surface area contributed by atoms with Crippen LogP contribution in [0.1, 0.15) is 22.8 Å². The van der Waals surface area contributed by atoms with Gasteiger partial charge in [0.1, 0.15) is 5.69 Å². The van der Waals surface area contributed by atoms with Crippen molar-refractivity contribution in [2.75, 3.05) is 11.1 Å². The zero-order valence-corrected chi connectivity index (χ0v) is 10.9. The molecule has 0 bridgehead atoms. The molecule has 0 spiro atoms. The fourth-order valence-electron chi connectivity index (χ4n) is 1.77. The summed E-state index contributed by atoms with van der Waals surface area (Å²) in [5.74, 6) is -2.76. The van der Waals surface area contributed by atoms with Gasteiger partial charge in [0.25, 0.3) is 5.91 Å². The first-order chi connectivity index (χ1) is 9.52. The van der Waals surface area contributed by atoms with E-state index < -0.39 is 17.5 Å². The van der Waals surface area contributed by atoms with E-state index in [-0.39, 0.29) is 11.4 Å². The summed E-state index contributed by atoms with van der Waals surface area (Å²) in [5.41, 5.74) is 6.61. The lowest BCUT2D eigenvalue weighted by Crippen LogP contribution is -2.15. The normalized spacial score (nSPS) is 10.3. The number of carbonyl (C=O) groups excluding carboxylic acids is 1. The summed E-state index contributed by atoms with van der Waals surface area (Å²) in [6.07, 6.45) is 0.855. The Kier molecular flexibility index (Phi) is 3.98. The van der Waals surface area contributed by atoms with Crippen LogP contribution in [0.25, 0.3) is 0 Å². The van der Waals surface area contributed by atoms with Gasteiger partial charge in [0.2, 0.25) is 0 Å². The molecule has 104 valence electrons. The van der Waals surface area contributed by atoms with Crippen molar-refractivity contribution < 1.29 is 13.6 Å². The molecule has 0 aliphatic carbocycles. The van der Waals surface area contributed by atoms with E-state index in [1.807, 2.05) is 6.92 Å². The average molecular weight is 276 g/mol. The van der Waals surface area contributed by atoms with E-state index in [4.69, 9.17) is 5.73 Å². The Bertz CT molecular complexity index is 639. The molecule has 2 aromatic carbocycles. The number of carbonyl (C=O) groups is 1. The highest BCUT2D eigenvalue weighted by atomic mass is 19.2. The number of amides is 1. The number of rotatable bonds is 3. The van der Waals surface area contributed by atoms with Crippen molar-refractivity contribution in [3.8, 4) is 0 Å². The standard InChI is InChI=1S/C15H14F2N2O/c1-2-9-3-5-10(6-4-9)15(20)19-14-12(18)8-7-11(16)13(14)17/h3-8H,2,18H2,1H3,(H,19,20). The van der Waals surface area contributed by atoms with E-state index in [9.17, 15) is 13.6 Å². The van der Waals surface area contributed by atoms with Crippen LogP contribution in [0.3, 0.4) is 0 Å². The van der Waals surface area contributed by atoms with Crippen LogP contribution in [0.4, 0.5) is 20.2 Å². The molecular weight excluding hydrogens is 262 g/mol. The lowest BCUT2D eigenvalue weighted by Gasteiger charge is -2.10. The van der Waals surface area contributed by atoms with Gasteiger partial charge in [-0.15, -0.1) is 0 Å². The molecule has 0 aliphatic rings. The van der Waals surface area contributed by atoms with Gasteiger partial charge >= 0.3 is 0 Å². The Hall–Kier alpha value is -2.43. The van der Waals surface area contributed by atoms with Crippen LogP contribution in [0, 0.1) is 11.6 Å². The molecule has 5 heteroatoms. The molecule has 0 saturated heterocycles. The zero-order chi connectivity index (χ0) is 14.7. The summed E-state index contributed by atoms with van der Waals surface area (Å²) in [4.78, 5) is 12.0. The van der Waals surface area contributed by atoms with Gasteiger partial charge in [-0.25, -0.2) is 8.78 Å². The van der Waals surface area contributed by atoms with Crippen LogP contribution in [-0.4, -0.2) is 5.91 Å². The third-order valence-electron chi connectivity index (χ3n) is 2.99. The van der Waals surface area contributed by atoms with E-state index in [2.05, 4.69) is 5.32 Å². The number of hydrogen-bond acceptors (Lipinski definition) is 2. The van der Waals surface area contributed by atoms with E-state index in [1.165, 1.54) is 6.07 Å². The fraction of sp³-hybridized carbons (Fsp3) is 0.133. The van der Waals surface area contributed by atoms with Crippen LogP contribution in [-0.2, 0) is 6.42 Å². The SMILES string of the molecule is CCc1ccc(C(=O)Nc2c(N)ccc(F)c2F)cc1. The highest BCUT2D eigenvalue weighted by molar-refractivity contribution is 6.05. The molecule has 3 nitrogen and oxygen atoms in total. The van der Waals surface area contributed by atoms with Gasteiger partial charge in [0.15, 0.2) is 11.6 Å². The molecule has 0 aromatic heterocycles. The molecule has 3 N–H and O–H groups in total. The second-order valence-corrected chi connectivity index (χ2v) is 4.33. The predicted octanol–water partition coefficient (Wildman–Crippen LogP) is 3.36. The van der Waals surface area contributed by atoms with Gasteiger partial charge in [-0.3, -0.25) is 4.79 Å². The number of nitrogens with two attached hydrogens (primary N) is 1. The zero-order valence-electron chi connectivity index (χ0n) is 10.9. The van der Waals surface area contributed by atoms with Crippen molar-refractivity contribution in [2.45, 2.75) is 13.3 Å². The molecule has 2 rings (SSSR count). The van der Waals surface area contributed by atoms with Crippen molar-refractivity contribution in [2.24, 2.45) is 0 Å². The predicted molar refractivity (Wildman–Crippen MR) is 74.5 cm³/mol. The van der Waals surface area contributed by atoms with Crippen LogP contribution < -0.4 is 11.1 Å². The van der Waals surface area contributed by atoms with E-state index >= 15 is 0 Å². The van der Waals surface area contributed by atoms with Gasteiger partial charge in [-0.2, -0.15) is 0 Å².